The lowest BCUT2D eigenvalue weighted by Crippen LogP contribution is -2.27. The molecule has 0 aliphatic carbocycles. The summed E-state index contributed by atoms with van der Waals surface area (Å²) in [6.07, 6.45) is 1.16. The first-order valence-electron chi connectivity index (χ1n) is 3.55. The normalized spacial score (nSPS) is 37.7. The van der Waals surface area contributed by atoms with Crippen molar-refractivity contribution in [3.63, 3.8) is 0 Å². The minimum atomic E-state index is 0.320. The quantitative estimate of drug-likeness (QED) is 0.551. The van der Waals surface area contributed by atoms with E-state index in [1.165, 1.54) is 0 Å². The first-order valence-corrected chi connectivity index (χ1v) is 3.55. The van der Waals surface area contributed by atoms with E-state index < -0.39 is 0 Å². The molecule has 2 nitrogen and oxygen atoms in total. The number of hydrogen-bond donors (Lipinski definition) is 1. The third-order valence-corrected chi connectivity index (χ3v) is 2.11. The van der Waals surface area contributed by atoms with Gasteiger partial charge in [-0.3, -0.25) is 0 Å². The molecule has 2 heteroatoms. The van der Waals surface area contributed by atoms with E-state index >= 15 is 0 Å². The Morgan fingerprint density at radius 3 is 2.56 bits per heavy atom. The van der Waals surface area contributed by atoms with Crippen LogP contribution in [0, 0.1) is 5.92 Å². The highest BCUT2D eigenvalue weighted by Crippen LogP contribution is 2.19. The Kier molecular flexibility index (Phi) is 2.09. The summed E-state index contributed by atoms with van der Waals surface area (Å²) in [4.78, 5) is 2.23. The lowest BCUT2D eigenvalue weighted by atomic mass is 10.1. The number of aliphatic hydroxyl groups excluding tert-OH is 1. The lowest BCUT2D eigenvalue weighted by Gasteiger charge is -2.15. The molecule has 0 radical (unpaired) electrons. The molecule has 1 fully saturated rings. The van der Waals surface area contributed by atoms with Crippen LogP contribution in [0.2, 0.25) is 0 Å². The van der Waals surface area contributed by atoms with Gasteiger partial charge in [-0.15, -0.1) is 0 Å². The molecular formula is C7H15NO. The van der Waals surface area contributed by atoms with Crippen molar-refractivity contribution in [2.75, 3.05) is 20.2 Å². The van der Waals surface area contributed by atoms with Gasteiger partial charge in [0, 0.05) is 12.6 Å². The van der Waals surface area contributed by atoms with Gasteiger partial charge in [-0.1, -0.05) is 6.92 Å². The van der Waals surface area contributed by atoms with Crippen molar-refractivity contribution in [2.45, 2.75) is 19.4 Å². The number of rotatable bonds is 1. The van der Waals surface area contributed by atoms with Crippen LogP contribution in [-0.4, -0.2) is 36.2 Å². The number of hydrogen-bond acceptors (Lipinski definition) is 2. The highest BCUT2D eigenvalue weighted by molar-refractivity contribution is 4.79. The first kappa shape index (κ1) is 7.03. The molecular weight excluding hydrogens is 114 g/mol. The van der Waals surface area contributed by atoms with Crippen LogP contribution in [0.5, 0.6) is 0 Å². The highest BCUT2D eigenvalue weighted by Gasteiger charge is 2.25. The van der Waals surface area contributed by atoms with Crippen molar-refractivity contribution in [3.05, 3.63) is 0 Å². The minimum absolute atomic E-state index is 0.320. The Bertz CT molecular complexity index is 94.9. The second-order valence-electron chi connectivity index (χ2n) is 3.12. The molecule has 2 atom stereocenters. The molecule has 0 amide bonds. The summed E-state index contributed by atoms with van der Waals surface area (Å²) >= 11 is 0. The van der Waals surface area contributed by atoms with Crippen molar-refractivity contribution < 1.29 is 5.11 Å². The molecule has 1 aliphatic rings. The zero-order chi connectivity index (χ0) is 6.85. The molecule has 0 aromatic carbocycles. The maximum Gasteiger partial charge on any atom is 0.0586 e. The van der Waals surface area contributed by atoms with E-state index in [0.29, 0.717) is 12.6 Å². The maximum atomic E-state index is 8.81. The SMILES string of the molecule is C[C@@H]1C[C@H](CO)N(C)C1. The van der Waals surface area contributed by atoms with Crippen LogP contribution in [0.25, 0.3) is 0 Å². The summed E-state index contributed by atoms with van der Waals surface area (Å²) in [6.45, 7) is 3.69. The fraction of sp³-hybridized carbons (Fsp3) is 1.00. The van der Waals surface area contributed by atoms with E-state index in [1.807, 2.05) is 0 Å². The van der Waals surface area contributed by atoms with Gasteiger partial charge in [-0.2, -0.15) is 0 Å². The number of nitrogens with zero attached hydrogens (tertiary/aromatic N) is 1. The van der Waals surface area contributed by atoms with Crippen LogP contribution in [0.1, 0.15) is 13.3 Å². The number of likely N-dealkylation sites (N-methyl/N-ethyl adjacent to an activating group) is 1. The number of likely N-dealkylation sites (tertiary alicyclic amines) is 1. The monoisotopic (exact) mass is 129 g/mol. The maximum absolute atomic E-state index is 8.81. The van der Waals surface area contributed by atoms with Crippen molar-refractivity contribution in [2.24, 2.45) is 5.92 Å². The smallest absolute Gasteiger partial charge is 0.0586 e. The predicted octanol–water partition coefficient (Wildman–Crippen LogP) is 0.319. The molecule has 1 heterocycles. The van der Waals surface area contributed by atoms with Gasteiger partial charge in [0.25, 0.3) is 0 Å². The van der Waals surface area contributed by atoms with Crippen molar-refractivity contribution in [1.82, 2.24) is 4.90 Å². The summed E-state index contributed by atoms with van der Waals surface area (Å²) < 4.78 is 0. The summed E-state index contributed by atoms with van der Waals surface area (Å²) in [5.41, 5.74) is 0. The van der Waals surface area contributed by atoms with E-state index in [4.69, 9.17) is 5.11 Å². The van der Waals surface area contributed by atoms with Gasteiger partial charge < -0.3 is 10.0 Å². The highest BCUT2D eigenvalue weighted by atomic mass is 16.3. The van der Waals surface area contributed by atoms with Gasteiger partial charge in [0.1, 0.15) is 0 Å². The van der Waals surface area contributed by atoms with E-state index in [0.717, 1.165) is 18.9 Å². The Hall–Kier alpha value is -0.0800. The Morgan fingerprint density at radius 2 is 2.33 bits per heavy atom. The van der Waals surface area contributed by atoms with Crippen LogP contribution in [0.3, 0.4) is 0 Å². The van der Waals surface area contributed by atoms with E-state index in [-0.39, 0.29) is 0 Å². The topological polar surface area (TPSA) is 23.5 Å². The standard InChI is InChI=1S/C7H15NO/c1-6-3-7(5-9)8(2)4-6/h6-7,9H,3-5H2,1-2H3/t6-,7-/m1/s1. The Balaban J connectivity index is 2.38. The first-order chi connectivity index (χ1) is 4.24. The predicted molar refractivity (Wildman–Crippen MR) is 37.3 cm³/mol. The van der Waals surface area contributed by atoms with Crippen molar-refractivity contribution >= 4 is 0 Å². The van der Waals surface area contributed by atoms with Crippen molar-refractivity contribution in [1.29, 1.82) is 0 Å². The van der Waals surface area contributed by atoms with E-state index in [2.05, 4.69) is 18.9 Å². The second-order valence-corrected chi connectivity index (χ2v) is 3.12. The summed E-state index contributed by atoms with van der Waals surface area (Å²) in [5.74, 6) is 0.771. The van der Waals surface area contributed by atoms with Crippen molar-refractivity contribution in [3.8, 4) is 0 Å². The summed E-state index contributed by atoms with van der Waals surface area (Å²) in [6, 6.07) is 0.431. The molecule has 9 heavy (non-hydrogen) atoms. The van der Waals surface area contributed by atoms with Crippen LogP contribution < -0.4 is 0 Å². The van der Waals surface area contributed by atoms with E-state index in [9.17, 15) is 0 Å². The van der Waals surface area contributed by atoms with Crippen LogP contribution in [0.15, 0.2) is 0 Å². The third-order valence-electron chi connectivity index (χ3n) is 2.11. The molecule has 0 aromatic heterocycles. The average molecular weight is 129 g/mol. The van der Waals surface area contributed by atoms with Gasteiger partial charge in [0.05, 0.1) is 6.61 Å². The Labute approximate surface area is 56.5 Å². The summed E-state index contributed by atoms with van der Waals surface area (Å²) in [7, 11) is 2.07. The fourth-order valence-corrected chi connectivity index (χ4v) is 1.57. The van der Waals surface area contributed by atoms with Gasteiger partial charge in [0.15, 0.2) is 0 Å². The molecule has 0 spiro atoms. The summed E-state index contributed by atoms with van der Waals surface area (Å²) in [5, 5.41) is 8.81. The lowest BCUT2D eigenvalue weighted by molar-refractivity contribution is 0.182. The van der Waals surface area contributed by atoms with Crippen LogP contribution in [0.4, 0.5) is 0 Å². The van der Waals surface area contributed by atoms with Gasteiger partial charge >= 0.3 is 0 Å². The zero-order valence-corrected chi connectivity index (χ0v) is 6.17. The number of aliphatic hydroxyl groups is 1. The molecule has 1 N–H and O–H groups in total. The van der Waals surface area contributed by atoms with Crippen LogP contribution >= 0.6 is 0 Å². The van der Waals surface area contributed by atoms with Gasteiger partial charge in [-0.05, 0) is 19.4 Å². The van der Waals surface area contributed by atoms with Gasteiger partial charge in [0.2, 0.25) is 0 Å². The fourth-order valence-electron chi connectivity index (χ4n) is 1.57. The molecule has 0 aromatic rings. The molecule has 54 valence electrons. The molecule has 0 unspecified atom stereocenters. The largest absolute Gasteiger partial charge is 0.395 e. The van der Waals surface area contributed by atoms with Crippen LogP contribution in [-0.2, 0) is 0 Å². The average Bonchev–Trinajstić information content (AvgIpc) is 2.10. The minimum Gasteiger partial charge on any atom is -0.395 e. The molecule has 1 saturated heterocycles. The Morgan fingerprint density at radius 1 is 1.67 bits per heavy atom. The molecule has 0 saturated carbocycles. The second kappa shape index (κ2) is 2.67. The molecule has 1 rings (SSSR count). The third kappa shape index (κ3) is 1.43. The molecule has 1 aliphatic heterocycles. The zero-order valence-electron chi connectivity index (χ0n) is 6.17. The molecule has 0 bridgehead atoms. The van der Waals surface area contributed by atoms with Gasteiger partial charge in [-0.25, -0.2) is 0 Å². The van der Waals surface area contributed by atoms with E-state index in [1.54, 1.807) is 0 Å².